The fourth-order valence-electron chi connectivity index (χ4n) is 5.00. The van der Waals surface area contributed by atoms with E-state index in [-0.39, 0.29) is 50.1 Å². The molecule has 0 radical (unpaired) electrons. The second-order valence-electron chi connectivity index (χ2n) is 9.53. The Morgan fingerprint density at radius 2 is 1.78 bits per heavy atom. The lowest BCUT2D eigenvalue weighted by atomic mass is 9.97. The predicted molar refractivity (Wildman–Crippen MR) is 122 cm³/mol. The highest BCUT2D eigenvalue weighted by Crippen LogP contribution is 2.33. The van der Waals surface area contributed by atoms with Crippen LogP contribution in [0.15, 0.2) is 18.2 Å². The zero-order valence-electron chi connectivity index (χ0n) is 19.9. The first-order valence-corrected chi connectivity index (χ1v) is 13.4. The van der Waals surface area contributed by atoms with Crippen LogP contribution in [0.4, 0.5) is 17.6 Å². The number of likely N-dealkylation sites (tertiary alicyclic amines) is 1. The molecule has 3 heterocycles. The van der Waals surface area contributed by atoms with Crippen LogP contribution in [0.1, 0.15) is 36.8 Å². The van der Waals surface area contributed by atoms with Gasteiger partial charge < -0.3 is 10.2 Å². The molecule has 3 aliphatic heterocycles. The molecule has 3 saturated heterocycles. The van der Waals surface area contributed by atoms with E-state index < -0.39 is 52.2 Å². The molecule has 37 heavy (non-hydrogen) atoms. The molecule has 3 fully saturated rings. The third-order valence-corrected chi connectivity index (χ3v) is 9.03. The number of alkyl halides is 3. The molecule has 0 bridgehead atoms. The highest BCUT2D eigenvalue weighted by atomic mass is 32.2. The van der Waals surface area contributed by atoms with E-state index in [1.54, 1.807) is 0 Å². The van der Waals surface area contributed by atoms with E-state index in [9.17, 15) is 35.6 Å². The van der Waals surface area contributed by atoms with Crippen molar-refractivity contribution < 1.29 is 35.6 Å². The molecule has 0 aliphatic carbocycles. The Hall–Kier alpha value is -2.76. The summed E-state index contributed by atoms with van der Waals surface area (Å²) in [4.78, 5) is 27.5. The minimum atomic E-state index is -4.87. The van der Waals surface area contributed by atoms with Crippen LogP contribution in [0.5, 0.6) is 0 Å². The number of hydrogen-bond donors (Lipinski definition) is 1. The maximum Gasteiger partial charge on any atom is 0.419 e. The number of rotatable bonds is 6. The van der Waals surface area contributed by atoms with Crippen LogP contribution >= 0.6 is 0 Å². The molecular weight excluding hydrogens is 518 g/mol. The van der Waals surface area contributed by atoms with E-state index in [0.717, 1.165) is 12.1 Å². The van der Waals surface area contributed by atoms with Crippen LogP contribution in [0, 0.1) is 29.0 Å². The van der Waals surface area contributed by atoms with E-state index in [4.69, 9.17) is 5.26 Å². The smallest absolute Gasteiger partial charge is 0.350 e. The average Bonchev–Trinajstić information content (AvgIpc) is 3.31. The van der Waals surface area contributed by atoms with Crippen LogP contribution in [0.2, 0.25) is 0 Å². The first-order valence-electron chi connectivity index (χ1n) is 12.0. The summed E-state index contributed by atoms with van der Waals surface area (Å²) in [5.41, 5.74) is -1.74. The van der Waals surface area contributed by atoms with Gasteiger partial charge >= 0.3 is 6.18 Å². The van der Waals surface area contributed by atoms with Gasteiger partial charge in [-0.1, -0.05) is 12.1 Å². The molecule has 1 aromatic carbocycles. The van der Waals surface area contributed by atoms with Crippen molar-refractivity contribution in [3.63, 3.8) is 0 Å². The molecule has 3 aliphatic rings. The second kappa shape index (κ2) is 10.5. The Kier molecular flexibility index (Phi) is 7.77. The summed E-state index contributed by atoms with van der Waals surface area (Å²) in [5.74, 6) is -3.41. The van der Waals surface area contributed by atoms with Crippen LogP contribution in [-0.4, -0.2) is 72.5 Å². The summed E-state index contributed by atoms with van der Waals surface area (Å²) in [5, 5.41) is 11.4. The monoisotopic (exact) mass is 545 g/mol. The van der Waals surface area contributed by atoms with Crippen LogP contribution in [0.3, 0.4) is 0 Å². The number of benzene rings is 1. The normalized spacial score (nSPS) is 23.9. The van der Waals surface area contributed by atoms with Gasteiger partial charge in [0.05, 0.1) is 23.5 Å². The minimum Gasteiger partial charge on any atom is -0.350 e. The molecule has 0 saturated carbocycles. The molecule has 0 spiro atoms. The van der Waals surface area contributed by atoms with Gasteiger partial charge in [0.1, 0.15) is 11.9 Å². The van der Waals surface area contributed by atoms with Crippen molar-refractivity contribution in [3.05, 3.63) is 35.1 Å². The number of nitrogens with one attached hydrogen (secondary N) is 1. The van der Waals surface area contributed by atoms with Crippen molar-refractivity contribution in [1.82, 2.24) is 18.8 Å². The summed E-state index contributed by atoms with van der Waals surface area (Å²) < 4.78 is 81.4. The number of carbonyl (C=O) groups is 2. The Morgan fingerprint density at radius 1 is 1.08 bits per heavy atom. The van der Waals surface area contributed by atoms with Gasteiger partial charge in [-0.05, 0) is 31.7 Å². The highest BCUT2D eigenvalue weighted by molar-refractivity contribution is 7.86. The number of nitriles is 1. The number of hydrogen-bond acceptors (Lipinski definition) is 5. The van der Waals surface area contributed by atoms with Crippen molar-refractivity contribution in [2.45, 2.75) is 44.4 Å². The maximum atomic E-state index is 14.3. The molecule has 4 rings (SSSR count). The predicted octanol–water partition coefficient (Wildman–Crippen LogP) is 1.86. The zero-order chi connectivity index (χ0) is 27.0. The van der Waals surface area contributed by atoms with Crippen molar-refractivity contribution >= 4 is 22.0 Å². The van der Waals surface area contributed by atoms with Crippen molar-refractivity contribution in [1.29, 1.82) is 5.26 Å². The van der Waals surface area contributed by atoms with Gasteiger partial charge in [-0.15, -0.1) is 0 Å². The highest BCUT2D eigenvalue weighted by Gasteiger charge is 2.44. The lowest BCUT2D eigenvalue weighted by Gasteiger charge is -2.41. The largest absolute Gasteiger partial charge is 0.419 e. The molecule has 14 heteroatoms. The van der Waals surface area contributed by atoms with E-state index in [2.05, 4.69) is 5.32 Å². The lowest BCUT2D eigenvalue weighted by Crippen LogP contribution is -2.57. The van der Waals surface area contributed by atoms with Crippen molar-refractivity contribution in [2.75, 3.05) is 32.7 Å². The van der Waals surface area contributed by atoms with Gasteiger partial charge in [0, 0.05) is 44.8 Å². The summed E-state index contributed by atoms with van der Waals surface area (Å²) in [6, 6.07) is 3.98. The summed E-state index contributed by atoms with van der Waals surface area (Å²) in [6.07, 6.45) is -3.09. The maximum absolute atomic E-state index is 14.3. The number of piperidine rings is 1. The van der Waals surface area contributed by atoms with Gasteiger partial charge in [0.15, 0.2) is 0 Å². The Bertz CT molecular complexity index is 1200. The van der Waals surface area contributed by atoms with E-state index in [1.165, 1.54) is 13.5 Å². The minimum absolute atomic E-state index is 0.0326. The average molecular weight is 546 g/mol. The first kappa shape index (κ1) is 27.3. The molecular formula is C23H27F4N5O4S. The summed E-state index contributed by atoms with van der Waals surface area (Å²) >= 11 is 0. The van der Waals surface area contributed by atoms with Gasteiger partial charge in [-0.25, -0.2) is 4.39 Å². The van der Waals surface area contributed by atoms with Crippen molar-refractivity contribution in [3.8, 4) is 6.07 Å². The summed E-state index contributed by atoms with van der Waals surface area (Å²) in [7, 11) is -3.80. The molecule has 1 aromatic rings. The Balaban J connectivity index is 1.38. The zero-order valence-corrected chi connectivity index (χ0v) is 20.7. The number of nitrogens with zero attached hydrogens (tertiary/aromatic N) is 4. The SMILES string of the molecule is N#CC1CN(S(=O)(=O)N2CCC[C@H](C(=O)N3CCC[C@@H]3C(=O)NCc3cccc(C(F)(F)F)c3F)C2)C1. The standard InChI is InChI=1S/C23H27F4N5O4S/c24-20-16(4-1-6-18(20)23(25,26)27)11-29-21(33)19-7-3-9-32(19)22(34)17-5-2-8-30(14-17)37(35,36)31-12-15(10-28)13-31/h1,4,6,15,17,19H,2-3,5,7-9,11-14H2,(H,29,33)/t17-,19+/m0/s1. The van der Waals surface area contributed by atoms with Crippen LogP contribution < -0.4 is 5.32 Å². The molecule has 0 aromatic heterocycles. The molecule has 2 atom stereocenters. The quantitative estimate of drug-likeness (QED) is 0.549. The molecule has 2 amide bonds. The van der Waals surface area contributed by atoms with Crippen LogP contribution in [-0.2, 0) is 32.5 Å². The van der Waals surface area contributed by atoms with Gasteiger partial charge in [0.2, 0.25) is 11.8 Å². The molecule has 9 nitrogen and oxygen atoms in total. The Morgan fingerprint density at radius 3 is 2.46 bits per heavy atom. The van der Waals surface area contributed by atoms with Gasteiger partial charge in [-0.2, -0.15) is 35.5 Å². The van der Waals surface area contributed by atoms with Gasteiger partial charge in [0.25, 0.3) is 10.2 Å². The number of amides is 2. The number of carbonyl (C=O) groups excluding carboxylic acids is 2. The third-order valence-electron chi connectivity index (χ3n) is 7.09. The molecule has 0 unspecified atom stereocenters. The molecule has 1 N–H and O–H groups in total. The van der Waals surface area contributed by atoms with Gasteiger partial charge in [-0.3, -0.25) is 9.59 Å². The second-order valence-corrected chi connectivity index (χ2v) is 11.5. The first-order chi connectivity index (χ1) is 17.4. The Labute approximate surface area is 212 Å². The van der Waals surface area contributed by atoms with Crippen LogP contribution in [0.25, 0.3) is 0 Å². The van der Waals surface area contributed by atoms with E-state index >= 15 is 0 Å². The van der Waals surface area contributed by atoms with Crippen molar-refractivity contribution in [2.24, 2.45) is 11.8 Å². The molecule has 202 valence electrons. The number of halogens is 4. The fourth-order valence-corrected chi connectivity index (χ4v) is 6.79. The third kappa shape index (κ3) is 5.58. The van der Waals surface area contributed by atoms with E-state index in [0.29, 0.717) is 31.7 Å². The lowest BCUT2D eigenvalue weighted by molar-refractivity contribution is -0.142. The fraction of sp³-hybridized carbons (Fsp3) is 0.609. The van der Waals surface area contributed by atoms with E-state index in [1.807, 2.05) is 6.07 Å². The summed E-state index contributed by atoms with van der Waals surface area (Å²) in [6.45, 7) is 0.279. The topological polar surface area (TPSA) is 114 Å².